The van der Waals surface area contributed by atoms with Gasteiger partial charge in [-0.15, -0.1) is 0 Å². The molecule has 2 aromatic rings. The summed E-state index contributed by atoms with van der Waals surface area (Å²) in [6.45, 7) is 3.68. The van der Waals surface area contributed by atoms with E-state index in [9.17, 15) is 9.59 Å². The third-order valence-corrected chi connectivity index (χ3v) is 3.65. The molecular weight excluding hydrogens is 330 g/mol. The van der Waals surface area contributed by atoms with Crippen LogP contribution in [0.2, 0.25) is 0 Å². The van der Waals surface area contributed by atoms with Crippen LogP contribution in [-0.4, -0.2) is 24.6 Å². The van der Waals surface area contributed by atoms with Crippen molar-refractivity contribution in [2.24, 2.45) is 5.10 Å². The molecule has 136 valence electrons. The van der Waals surface area contributed by atoms with E-state index in [-0.39, 0.29) is 24.7 Å². The summed E-state index contributed by atoms with van der Waals surface area (Å²) < 4.78 is 5.08. The van der Waals surface area contributed by atoms with E-state index in [2.05, 4.69) is 15.8 Å². The van der Waals surface area contributed by atoms with E-state index in [1.807, 2.05) is 43.3 Å². The van der Waals surface area contributed by atoms with Crippen molar-refractivity contribution in [1.29, 1.82) is 0 Å². The second-order valence-electron chi connectivity index (χ2n) is 6.00. The predicted molar refractivity (Wildman–Crippen MR) is 102 cm³/mol. The molecule has 0 saturated heterocycles. The normalized spacial score (nSPS) is 11.0. The number of ether oxygens (including phenoxy) is 1. The maximum Gasteiger partial charge on any atom is 0.244 e. The van der Waals surface area contributed by atoms with Crippen LogP contribution in [0.25, 0.3) is 0 Å². The lowest BCUT2D eigenvalue weighted by Gasteiger charge is -2.06. The van der Waals surface area contributed by atoms with Crippen LogP contribution in [0.3, 0.4) is 0 Å². The van der Waals surface area contributed by atoms with E-state index < -0.39 is 0 Å². The number of carbonyl (C=O) groups excluding carboxylic acids is 2. The second-order valence-corrected chi connectivity index (χ2v) is 6.00. The Labute approximate surface area is 153 Å². The lowest BCUT2D eigenvalue weighted by atomic mass is 10.1. The highest BCUT2D eigenvalue weighted by Gasteiger charge is 2.06. The number of nitrogens with zero attached hydrogens (tertiary/aromatic N) is 1. The van der Waals surface area contributed by atoms with Crippen LogP contribution in [0.15, 0.2) is 53.6 Å². The quantitative estimate of drug-likeness (QED) is 0.593. The van der Waals surface area contributed by atoms with Gasteiger partial charge >= 0.3 is 0 Å². The van der Waals surface area contributed by atoms with Gasteiger partial charge in [-0.25, -0.2) is 5.43 Å². The van der Waals surface area contributed by atoms with Crippen molar-refractivity contribution < 1.29 is 14.3 Å². The summed E-state index contributed by atoms with van der Waals surface area (Å²) in [5.41, 5.74) is 5.71. The molecule has 0 bridgehead atoms. The molecular formula is C20H23N3O3. The summed E-state index contributed by atoms with van der Waals surface area (Å²) >= 11 is 0. The number of anilines is 1. The topological polar surface area (TPSA) is 79.8 Å². The van der Waals surface area contributed by atoms with E-state index in [1.165, 1.54) is 0 Å². The zero-order valence-electron chi connectivity index (χ0n) is 15.2. The van der Waals surface area contributed by atoms with Gasteiger partial charge in [0.25, 0.3) is 0 Å². The van der Waals surface area contributed by atoms with Crippen molar-refractivity contribution in [2.45, 2.75) is 26.7 Å². The highest BCUT2D eigenvalue weighted by atomic mass is 16.5. The van der Waals surface area contributed by atoms with Crippen LogP contribution < -0.4 is 15.5 Å². The Morgan fingerprint density at radius 2 is 1.65 bits per heavy atom. The second kappa shape index (κ2) is 9.36. The van der Waals surface area contributed by atoms with Gasteiger partial charge in [-0.2, -0.15) is 5.10 Å². The standard InChI is InChI=1S/C20H23N3O3/c1-14-4-8-17(9-5-14)21-19(24)12-15(2)22-23-20(25)13-16-6-10-18(26-3)11-7-16/h4-11H,12-13H2,1-3H3,(H,21,24)(H,23,25)/b22-15+. The third-order valence-electron chi connectivity index (χ3n) is 3.65. The summed E-state index contributed by atoms with van der Waals surface area (Å²) in [6, 6.07) is 14.8. The molecule has 6 nitrogen and oxygen atoms in total. The average Bonchev–Trinajstić information content (AvgIpc) is 2.62. The molecule has 2 amide bonds. The van der Waals surface area contributed by atoms with Gasteiger partial charge in [0, 0.05) is 11.4 Å². The smallest absolute Gasteiger partial charge is 0.244 e. The first-order valence-corrected chi connectivity index (χ1v) is 8.27. The van der Waals surface area contributed by atoms with Crippen molar-refractivity contribution in [1.82, 2.24) is 5.43 Å². The molecule has 0 aliphatic rings. The van der Waals surface area contributed by atoms with Gasteiger partial charge in [0.1, 0.15) is 5.75 Å². The first kappa shape index (κ1) is 19.2. The highest BCUT2D eigenvalue weighted by molar-refractivity contribution is 6.05. The van der Waals surface area contributed by atoms with Gasteiger partial charge in [-0.05, 0) is 43.7 Å². The largest absolute Gasteiger partial charge is 0.497 e. The fraction of sp³-hybridized carbons (Fsp3) is 0.250. The number of hydrazone groups is 1. The van der Waals surface area contributed by atoms with Gasteiger partial charge in [-0.3, -0.25) is 9.59 Å². The zero-order valence-corrected chi connectivity index (χ0v) is 15.2. The van der Waals surface area contributed by atoms with Gasteiger partial charge in [0.15, 0.2) is 0 Å². The number of carbonyl (C=O) groups is 2. The van der Waals surface area contributed by atoms with Gasteiger partial charge < -0.3 is 10.1 Å². The molecule has 0 saturated carbocycles. The van der Waals surface area contributed by atoms with Crippen LogP contribution in [0, 0.1) is 6.92 Å². The number of benzene rings is 2. The van der Waals surface area contributed by atoms with E-state index in [4.69, 9.17) is 4.74 Å². The van der Waals surface area contributed by atoms with Crippen molar-refractivity contribution in [3.63, 3.8) is 0 Å². The van der Waals surface area contributed by atoms with E-state index in [0.717, 1.165) is 22.6 Å². The summed E-state index contributed by atoms with van der Waals surface area (Å²) in [4.78, 5) is 23.9. The van der Waals surface area contributed by atoms with Crippen LogP contribution in [-0.2, 0) is 16.0 Å². The first-order chi connectivity index (χ1) is 12.5. The SMILES string of the molecule is COc1ccc(CC(=O)N/N=C(\C)CC(=O)Nc2ccc(C)cc2)cc1. The molecule has 0 fully saturated rings. The number of amides is 2. The Morgan fingerprint density at radius 1 is 1.00 bits per heavy atom. The minimum atomic E-state index is -0.242. The van der Waals surface area contributed by atoms with Crippen molar-refractivity contribution in [2.75, 3.05) is 12.4 Å². The molecule has 0 unspecified atom stereocenters. The molecule has 0 aliphatic heterocycles. The molecule has 2 N–H and O–H groups in total. The molecule has 0 aliphatic carbocycles. The maximum atomic E-state index is 12.0. The fourth-order valence-electron chi connectivity index (χ4n) is 2.24. The van der Waals surface area contributed by atoms with Crippen molar-refractivity contribution in [3.05, 3.63) is 59.7 Å². The molecule has 0 aromatic heterocycles. The minimum Gasteiger partial charge on any atom is -0.497 e. The Balaban J connectivity index is 1.79. The molecule has 26 heavy (non-hydrogen) atoms. The summed E-state index contributed by atoms with van der Waals surface area (Å²) in [5, 5.41) is 6.78. The fourth-order valence-corrected chi connectivity index (χ4v) is 2.24. The summed E-state index contributed by atoms with van der Waals surface area (Å²) in [7, 11) is 1.59. The number of rotatable bonds is 7. The van der Waals surface area contributed by atoms with Gasteiger partial charge in [-0.1, -0.05) is 29.8 Å². The molecule has 0 heterocycles. The Bertz CT molecular complexity index is 781. The highest BCUT2D eigenvalue weighted by Crippen LogP contribution is 2.11. The number of aryl methyl sites for hydroxylation is 1. The molecule has 0 atom stereocenters. The Morgan fingerprint density at radius 3 is 2.27 bits per heavy atom. The molecule has 6 heteroatoms. The molecule has 0 spiro atoms. The summed E-state index contributed by atoms with van der Waals surface area (Å²) in [6.07, 6.45) is 0.313. The lowest BCUT2D eigenvalue weighted by Crippen LogP contribution is -2.22. The zero-order chi connectivity index (χ0) is 18.9. The molecule has 2 rings (SSSR count). The monoisotopic (exact) mass is 353 g/mol. The Kier molecular flexibility index (Phi) is 6.91. The first-order valence-electron chi connectivity index (χ1n) is 8.27. The van der Waals surface area contributed by atoms with Crippen LogP contribution >= 0.6 is 0 Å². The number of hydrogen-bond donors (Lipinski definition) is 2. The average molecular weight is 353 g/mol. The van der Waals surface area contributed by atoms with Crippen molar-refractivity contribution >= 4 is 23.2 Å². The van der Waals surface area contributed by atoms with Gasteiger partial charge in [0.05, 0.1) is 20.0 Å². The number of hydrogen-bond acceptors (Lipinski definition) is 4. The van der Waals surface area contributed by atoms with Crippen LogP contribution in [0.1, 0.15) is 24.5 Å². The predicted octanol–water partition coefficient (Wildman–Crippen LogP) is 3.07. The number of methoxy groups -OCH3 is 1. The van der Waals surface area contributed by atoms with Crippen LogP contribution in [0.5, 0.6) is 5.75 Å². The van der Waals surface area contributed by atoms with E-state index in [1.54, 1.807) is 26.2 Å². The van der Waals surface area contributed by atoms with Gasteiger partial charge in [0.2, 0.25) is 11.8 Å². The van der Waals surface area contributed by atoms with E-state index >= 15 is 0 Å². The Hall–Kier alpha value is -3.15. The molecule has 2 aromatic carbocycles. The van der Waals surface area contributed by atoms with Crippen LogP contribution in [0.4, 0.5) is 5.69 Å². The third kappa shape index (κ3) is 6.39. The van der Waals surface area contributed by atoms with Crippen molar-refractivity contribution in [3.8, 4) is 5.75 Å². The molecule has 0 radical (unpaired) electrons. The maximum absolute atomic E-state index is 12.0. The number of nitrogens with one attached hydrogen (secondary N) is 2. The minimum absolute atomic E-state index is 0.108. The lowest BCUT2D eigenvalue weighted by molar-refractivity contribution is -0.120. The summed E-state index contributed by atoms with van der Waals surface area (Å²) in [5.74, 6) is 0.315. The van der Waals surface area contributed by atoms with E-state index in [0.29, 0.717) is 5.71 Å².